The maximum Gasteiger partial charge on any atom is 0.345 e. The van der Waals surface area contributed by atoms with Gasteiger partial charge in [-0.1, -0.05) is 29.8 Å². The van der Waals surface area contributed by atoms with Crippen molar-refractivity contribution in [1.29, 1.82) is 0 Å². The first kappa shape index (κ1) is 13.3. The second kappa shape index (κ2) is 5.67. The summed E-state index contributed by atoms with van der Waals surface area (Å²) < 4.78 is 0. The number of thiophene rings is 1. The minimum absolute atomic E-state index is 0.149. The predicted octanol–water partition coefficient (Wildman–Crippen LogP) is 2.94. The minimum atomic E-state index is -0.982. The van der Waals surface area contributed by atoms with Gasteiger partial charge in [-0.2, -0.15) is 0 Å². The third kappa shape index (κ3) is 3.66. The van der Waals surface area contributed by atoms with Crippen molar-refractivity contribution < 1.29 is 14.7 Å². The zero-order valence-corrected chi connectivity index (χ0v) is 11.2. The molecular weight excluding hydrogens is 262 g/mol. The Kier molecular flexibility index (Phi) is 3.97. The van der Waals surface area contributed by atoms with Gasteiger partial charge < -0.3 is 10.4 Å². The number of hydrogen-bond donors (Lipinski definition) is 2. The van der Waals surface area contributed by atoms with E-state index in [9.17, 15) is 9.59 Å². The van der Waals surface area contributed by atoms with E-state index in [1.54, 1.807) is 6.07 Å². The first-order valence-electron chi connectivity index (χ1n) is 5.73. The first-order chi connectivity index (χ1) is 9.04. The molecule has 0 spiro atoms. The van der Waals surface area contributed by atoms with Crippen LogP contribution in [0.25, 0.3) is 0 Å². The zero-order chi connectivity index (χ0) is 13.8. The van der Waals surface area contributed by atoms with Crippen LogP contribution in [-0.2, 0) is 11.2 Å². The van der Waals surface area contributed by atoms with Gasteiger partial charge in [0.1, 0.15) is 4.88 Å². The molecule has 19 heavy (non-hydrogen) atoms. The lowest BCUT2D eigenvalue weighted by Gasteiger charge is -2.03. The van der Waals surface area contributed by atoms with E-state index >= 15 is 0 Å². The number of nitrogens with one attached hydrogen (secondary N) is 1. The number of anilines is 1. The summed E-state index contributed by atoms with van der Waals surface area (Å²) in [6.45, 7) is 1.97. The summed E-state index contributed by atoms with van der Waals surface area (Å²) in [6, 6.07) is 10.8. The largest absolute Gasteiger partial charge is 0.477 e. The normalized spacial score (nSPS) is 10.2. The molecule has 0 bridgehead atoms. The van der Waals surface area contributed by atoms with Crippen molar-refractivity contribution in [2.24, 2.45) is 0 Å². The van der Waals surface area contributed by atoms with E-state index in [-0.39, 0.29) is 17.2 Å². The van der Waals surface area contributed by atoms with Crippen LogP contribution >= 0.6 is 11.3 Å². The lowest BCUT2D eigenvalue weighted by molar-refractivity contribution is -0.115. The Hall–Kier alpha value is -2.14. The van der Waals surface area contributed by atoms with Crippen LogP contribution in [0.15, 0.2) is 36.4 Å². The van der Waals surface area contributed by atoms with E-state index in [0.29, 0.717) is 5.00 Å². The van der Waals surface area contributed by atoms with Crippen molar-refractivity contribution in [1.82, 2.24) is 0 Å². The van der Waals surface area contributed by atoms with E-state index in [1.165, 1.54) is 6.07 Å². The summed E-state index contributed by atoms with van der Waals surface area (Å²) in [5.74, 6) is -1.13. The second-order valence-electron chi connectivity index (χ2n) is 4.18. The monoisotopic (exact) mass is 275 g/mol. The molecule has 0 saturated heterocycles. The molecule has 0 aliphatic heterocycles. The van der Waals surface area contributed by atoms with Gasteiger partial charge in [0.25, 0.3) is 0 Å². The number of amides is 1. The van der Waals surface area contributed by atoms with Gasteiger partial charge in [0.2, 0.25) is 5.91 Å². The van der Waals surface area contributed by atoms with Gasteiger partial charge in [0, 0.05) is 0 Å². The van der Waals surface area contributed by atoms with E-state index in [0.717, 1.165) is 22.5 Å². The molecule has 2 N–H and O–H groups in total. The average Bonchev–Trinajstić information content (AvgIpc) is 2.77. The number of carbonyl (C=O) groups excluding carboxylic acids is 1. The van der Waals surface area contributed by atoms with E-state index < -0.39 is 5.97 Å². The summed E-state index contributed by atoms with van der Waals surface area (Å²) in [7, 11) is 0. The highest BCUT2D eigenvalue weighted by Gasteiger charge is 2.09. The summed E-state index contributed by atoms with van der Waals surface area (Å²) >= 11 is 1.05. The number of hydrogen-bond acceptors (Lipinski definition) is 3. The molecule has 2 aromatic rings. The zero-order valence-electron chi connectivity index (χ0n) is 10.3. The first-order valence-corrected chi connectivity index (χ1v) is 6.55. The molecule has 1 heterocycles. The third-order valence-electron chi connectivity index (χ3n) is 2.53. The molecular formula is C14H13NO3S. The lowest BCUT2D eigenvalue weighted by atomic mass is 10.1. The van der Waals surface area contributed by atoms with Gasteiger partial charge in [-0.25, -0.2) is 4.79 Å². The summed E-state index contributed by atoms with van der Waals surface area (Å²) in [6.07, 6.45) is 0.280. The number of benzene rings is 1. The molecule has 1 aromatic heterocycles. The van der Waals surface area contributed by atoms with Crippen LogP contribution in [0.5, 0.6) is 0 Å². The Morgan fingerprint density at radius 1 is 1.26 bits per heavy atom. The smallest absolute Gasteiger partial charge is 0.345 e. The molecule has 1 aromatic carbocycles. The highest BCUT2D eigenvalue weighted by atomic mass is 32.1. The molecule has 0 atom stereocenters. The van der Waals surface area contributed by atoms with Crippen molar-refractivity contribution in [2.45, 2.75) is 13.3 Å². The maximum atomic E-state index is 11.8. The maximum absolute atomic E-state index is 11.8. The van der Waals surface area contributed by atoms with Gasteiger partial charge in [0.05, 0.1) is 11.4 Å². The molecule has 4 nitrogen and oxygen atoms in total. The third-order valence-corrected chi connectivity index (χ3v) is 3.52. The molecule has 0 radical (unpaired) electrons. The van der Waals surface area contributed by atoms with Crippen molar-refractivity contribution in [3.8, 4) is 0 Å². The van der Waals surface area contributed by atoms with Crippen LogP contribution in [0, 0.1) is 6.92 Å². The van der Waals surface area contributed by atoms with E-state index in [1.807, 2.05) is 31.2 Å². The van der Waals surface area contributed by atoms with Gasteiger partial charge in [0.15, 0.2) is 0 Å². The predicted molar refractivity (Wildman–Crippen MR) is 74.8 cm³/mol. The van der Waals surface area contributed by atoms with Crippen molar-refractivity contribution in [3.05, 3.63) is 52.4 Å². The molecule has 0 aliphatic rings. The van der Waals surface area contributed by atoms with Crippen molar-refractivity contribution in [3.63, 3.8) is 0 Å². The fourth-order valence-corrected chi connectivity index (χ4v) is 2.47. The molecule has 2 rings (SSSR count). The van der Waals surface area contributed by atoms with Gasteiger partial charge in [-0.3, -0.25) is 4.79 Å². The standard InChI is InChI=1S/C14H13NO3S/c1-9-3-2-4-10(7-9)8-12(16)15-13-6-5-11(19-13)14(17)18/h2-7H,8H2,1H3,(H,15,16)(H,17,18). The molecule has 1 amide bonds. The van der Waals surface area contributed by atoms with Crippen LogP contribution < -0.4 is 5.32 Å². The Labute approximate surface area is 114 Å². The average molecular weight is 275 g/mol. The summed E-state index contributed by atoms with van der Waals surface area (Å²) in [5, 5.41) is 12.0. The molecule has 5 heteroatoms. The van der Waals surface area contributed by atoms with Gasteiger partial charge >= 0.3 is 5.97 Å². The Morgan fingerprint density at radius 2 is 2.05 bits per heavy atom. The van der Waals surface area contributed by atoms with E-state index in [4.69, 9.17) is 5.11 Å². The lowest BCUT2D eigenvalue weighted by Crippen LogP contribution is -2.13. The summed E-state index contributed by atoms with van der Waals surface area (Å²) in [5.41, 5.74) is 2.04. The van der Waals surface area contributed by atoms with Crippen LogP contribution in [0.1, 0.15) is 20.8 Å². The Balaban J connectivity index is 1.99. The van der Waals surface area contributed by atoms with Crippen LogP contribution in [0.3, 0.4) is 0 Å². The van der Waals surface area contributed by atoms with Crippen LogP contribution in [-0.4, -0.2) is 17.0 Å². The van der Waals surface area contributed by atoms with Crippen LogP contribution in [0.2, 0.25) is 0 Å². The van der Waals surface area contributed by atoms with Crippen molar-refractivity contribution >= 4 is 28.2 Å². The highest BCUT2D eigenvalue weighted by Crippen LogP contribution is 2.21. The number of carboxylic acids is 1. The fraction of sp³-hybridized carbons (Fsp3) is 0.143. The molecule has 0 unspecified atom stereocenters. The van der Waals surface area contributed by atoms with Gasteiger partial charge in [-0.05, 0) is 24.6 Å². The molecule has 0 aliphatic carbocycles. The SMILES string of the molecule is Cc1cccc(CC(=O)Nc2ccc(C(=O)O)s2)c1. The number of rotatable bonds is 4. The number of carbonyl (C=O) groups is 2. The molecule has 98 valence electrons. The second-order valence-corrected chi connectivity index (χ2v) is 5.27. The number of aromatic carboxylic acids is 1. The highest BCUT2D eigenvalue weighted by molar-refractivity contribution is 7.18. The van der Waals surface area contributed by atoms with Crippen LogP contribution in [0.4, 0.5) is 5.00 Å². The Morgan fingerprint density at radius 3 is 2.68 bits per heavy atom. The number of aryl methyl sites for hydroxylation is 1. The minimum Gasteiger partial charge on any atom is -0.477 e. The quantitative estimate of drug-likeness (QED) is 0.901. The number of carboxylic acid groups (broad SMARTS) is 1. The fourth-order valence-electron chi connectivity index (χ4n) is 1.71. The molecule has 0 fully saturated rings. The summed E-state index contributed by atoms with van der Waals surface area (Å²) in [4.78, 5) is 22.8. The van der Waals surface area contributed by atoms with Crippen molar-refractivity contribution in [2.75, 3.05) is 5.32 Å². The Bertz CT molecular complexity index is 619. The van der Waals surface area contributed by atoms with E-state index in [2.05, 4.69) is 5.32 Å². The molecule has 0 saturated carbocycles. The van der Waals surface area contributed by atoms with Gasteiger partial charge in [-0.15, -0.1) is 11.3 Å². The topological polar surface area (TPSA) is 66.4 Å².